The number of amides is 2. The van der Waals surface area contributed by atoms with Crippen molar-refractivity contribution in [3.05, 3.63) is 93.8 Å². The van der Waals surface area contributed by atoms with Gasteiger partial charge in [0.25, 0.3) is 17.4 Å². The van der Waals surface area contributed by atoms with Crippen LogP contribution in [-0.4, -0.2) is 27.9 Å². The molecule has 0 saturated heterocycles. The largest absolute Gasteiger partial charge is 0.459 e. The molecule has 0 aliphatic carbocycles. The highest BCUT2D eigenvalue weighted by Gasteiger charge is 2.13. The number of fused-ring (bicyclic) bond motifs is 1. The minimum absolute atomic E-state index is 0.129. The molecule has 2 aromatic heterocycles. The Labute approximate surface area is 190 Å². The standard InChI is InChI=1S/C25H24N4O4/c1-16-10-11-18(15-20(16)28-24(31)22-9-5-14-33-22)23(30)26-12-6-13-29-21-8-4-3-7-19(21)27-17(2)25(29)32/h3-5,7-11,14-15H,6,12-13H2,1-2H3,(H,26,30)(H,28,31). The van der Waals surface area contributed by atoms with Crippen LogP contribution in [0.25, 0.3) is 11.0 Å². The van der Waals surface area contributed by atoms with E-state index in [4.69, 9.17) is 4.42 Å². The zero-order valence-corrected chi connectivity index (χ0v) is 18.4. The number of carbonyl (C=O) groups is 2. The predicted octanol–water partition coefficient (Wildman–Crippen LogP) is 3.68. The highest BCUT2D eigenvalue weighted by molar-refractivity contribution is 6.03. The van der Waals surface area contributed by atoms with Crippen molar-refractivity contribution in [1.82, 2.24) is 14.9 Å². The monoisotopic (exact) mass is 444 g/mol. The van der Waals surface area contributed by atoms with Crippen molar-refractivity contribution in [2.75, 3.05) is 11.9 Å². The summed E-state index contributed by atoms with van der Waals surface area (Å²) in [5, 5.41) is 5.65. The van der Waals surface area contributed by atoms with Crippen molar-refractivity contribution in [2.45, 2.75) is 26.8 Å². The Morgan fingerprint density at radius 2 is 1.85 bits per heavy atom. The first-order valence-corrected chi connectivity index (χ1v) is 10.6. The van der Waals surface area contributed by atoms with E-state index in [1.165, 1.54) is 6.26 Å². The topological polar surface area (TPSA) is 106 Å². The lowest BCUT2D eigenvalue weighted by molar-refractivity contribution is 0.0950. The van der Waals surface area contributed by atoms with E-state index in [1.54, 1.807) is 41.8 Å². The van der Waals surface area contributed by atoms with Crippen LogP contribution in [-0.2, 0) is 6.54 Å². The normalized spacial score (nSPS) is 10.8. The summed E-state index contributed by atoms with van der Waals surface area (Å²) in [6, 6.07) is 15.8. The van der Waals surface area contributed by atoms with Crippen LogP contribution < -0.4 is 16.2 Å². The lowest BCUT2D eigenvalue weighted by Gasteiger charge is -2.12. The van der Waals surface area contributed by atoms with E-state index in [0.29, 0.717) is 36.5 Å². The molecule has 8 nitrogen and oxygen atoms in total. The Kier molecular flexibility index (Phi) is 6.35. The summed E-state index contributed by atoms with van der Waals surface area (Å²) in [6.07, 6.45) is 2.00. The molecule has 0 aliphatic heterocycles. The van der Waals surface area contributed by atoms with Crippen LogP contribution in [0.1, 0.15) is 38.6 Å². The van der Waals surface area contributed by atoms with Crippen molar-refractivity contribution < 1.29 is 14.0 Å². The van der Waals surface area contributed by atoms with E-state index < -0.39 is 0 Å². The molecule has 0 unspecified atom stereocenters. The summed E-state index contributed by atoms with van der Waals surface area (Å²) in [5.74, 6) is -0.448. The van der Waals surface area contributed by atoms with Gasteiger partial charge >= 0.3 is 0 Å². The van der Waals surface area contributed by atoms with Gasteiger partial charge in [-0.05, 0) is 62.2 Å². The van der Waals surface area contributed by atoms with Crippen LogP contribution in [0.3, 0.4) is 0 Å². The van der Waals surface area contributed by atoms with Crippen molar-refractivity contribution in [3.8, 4) is 0 Å². The summed E-state index contributed by atoms with van der Waals surface area (Å²) < 4.78 is 6.80. The highest BCUT2D eigenvalue weighted by atomic mass is 16.3. The summed E-state index contributed by atoms with van der Waals surface area (Å²) >= 11 is 0. The van der Waals surface area contributed by atoms with Crippen LogP contribution in [0.2, 0.25) is 0 Å². The average Bonchev–Trinajstić information content (AvgIpc) is 3.35. The van der Waals surface area contributed by atoms with E-state index in [-0.39, 0.29) is 23.1 Å². The number of rotatable bonds is 7. The highest BCUT2D eigenvalue weighted by Crippen LogP contribution is 2.18. The fourth-order valence-corrected chi connectivity index (χ4v) is 3.57. The zero-order valence-electron chi connectivity index (χ0n) is 18.4. The molecule has 2 amide bonds. The molecule has 2 aromatic carbocycles. The molecule has 0 fully saturated rings. The summed E-state index contributed by atoms with van der Waals surface area (Å²) in [6.45, 7) is 4.40. The second-order valence-corrected chi connectivity index (χ2v) is 7.71. The first-order valence-electron chi connectivity index (χ1n) is 10.6. The second-order valence-electron chi connectivity index (χ2n) is 7.71. The Bertz CT molecular complexity index is 1370. The summed E-state index contributed by atoms with van der Waals surface area (Å²) in [4.78, 5) is 41.8. The Balaban J connectivity index is 1.39. The maximum atomic E-state index is 12.6. The van der Waals surface area contributed by atoms with Gasteiger partial charge in [0.15, 0.2) is 5.76 Å². The van der Waals surface area contributed by atoms with Crippen LogP contribution in [0.5, 0.6) is 0 Å². The van der Waals surface area contributed by atoms with E-state index in [1.807, 2.05) is 31.2 Å². The summed E-state index contributed by atoms with van der Waals surface area (Å²) in [7, 11) is 0. The zero-order chi connectivity index (χ0) is 23.4. The third kappa shape index (κ3) is 4.85. The lowest BCUT2D eigenvalue weighted by Crippen LogP contribution is -2.28. The van der Waals surface area contributed by atoms with E-state index in [9.17, 15) is 14.4 Å². The number of aromatic nitrogens is 2. The van der Waals surface area contributed by atoms with E-state index in [2.05, 4.69) is 15.6 Å². The van der Waals surface area contributed by atoms with Gasteiger partial charge in [-0.2, -0.15) is 0 Å². The maximum absolute atomic E-state index is 12.6. The molecule has 4 rings (SSSR count). The average molecular weight is 444 g/mol. The van der Waals surface area contributed by atoms with Crippen LogP contribution >= 0.6 is 0 Å². The van der Waals surface area contributed by atoms with Gasteiger partial charge in [0.2, 0.25) is 0 Å². The number of furan rings is 1. The SMILES string of the molecule is Cc1ccc(C(=O)NCCCn2c(=O)c(C)nc3ccccc32)cc1NC(=O)c1ccco1. The lowest BCUT2D eigenvalue weighted by atomic mass is 10.1. The Hall–Kier alpha value is -4.20. The fraction of sp³-hybridized carbons (Fsp3) is 0.200. The van der Waals surface area contributed by atoms with Gasteiger partial charge in [-0.15, -0.1) is 0 Å². The third-order valence-corrected chi connectivity index (χ3v) is 5.35. The number of benzene rings is 2. The number of hydrogen-bond acceptors (Lipinski definition) is 5. The fourth-order valence-electron chi connectivity index (χ4n) is 3.57. The molecular weight excluding hydrogens is 420 g/mol. The number of hydrogen-bond donors (Lipinski definition) is 2. The maximum Gasteiger partial charge on any atom is 0.291 e. The molecule has 0 spiro atoms. The second kappa shape index (κ2) is 9.52. The first-order chi connectivity index (χ1) is 15.9. The van der Waals surface area contributed by atoms with Gasteiger partial charge in [-0.3, -0.25) is 14.4 Å². The van der Waals surface area contributed by atoms with Gasteiger partial charge < -0.3 is 19.6 Å². The molecule has 0 saturated carbocycles. The number of aryl methyl sites for hydroxylation is 3. The van der Waals surface area contributed by atoms with Gasteiger partial charge in [0.1, 0.15) is 5.69 Å². The Morgan fingerprint density at radius 3 is 2.64 bits per heavy atom. The van der Waals surface area contributed by atoms with Crippen LogP contribution in [0.15, 0.2) is 70.1 Å². The summed E-state index contributed by atoms with van der Waals surface area (Å²) in [5.41, 5.74) is 3.65. The number of carbonyl (C=O) groups excluding carboxylic acids is 2. The van der Waals surface area contributed by atoms with Crippen molar-refractivity contribution in [1.29, 1.82) is 0 Å². The van der Waals surface area contributed by atoms with E-state index >= 15 is 0 Å². The van der Waals surface area contributed by atoms with Crippen LogP contribution in [0.4, 0.5) is 5.69 Å². The van der Waals surface area contributed by atoms with Gasteiger partial charge in [0, 0.05) is 24.3 Å². The molecule has 0 aliphatic rings. The first kappa shape index (κ1) is 22.0. The molecule has 2 N–H and O–H groups in total. The molecule has 0 atom stereocenters. The van der Waals surface area contributed by atoms with Gasteiger partial charge in [-0.1, -0.05) is 18.2 Å². The molecule has 0 bridgehead atoms. The Morgan fingerprint density at radius 1 is 1.03 bits per heavy atom. The minimum atomic E-state index is -0.383. The molecule has 0 radical (unpaired) electrons. The number of nitrogens with zero attached hydrogens (tertiary/aromatic N) is 2. The predicted molar refractivity (Wildman–Crippen MR) is 126 cm³/mol. The molecule has 8 heteroatoms. The number of anilines is 1. The van der Waals surface area contributed by atoms with Crippen molar-refractivity contribution in [2.24, 2.45) is 0 Å². The van der Waals surface area contributed by atoms with E-state index in [0.717, 1.165) is 16.6 Å². The van der Waals surface area contributed by atoms with Gasteiger partial charge in [-0.25, -0.2) is 4.98 Å². The quantitative estimate of drug-likeness (QED) is 0.423. The van der Waals surface area contributed by atoms with Crippen molar-refractivity contribution in [3.63, 3.8) is 0 Å². The number of nitrogens with one attached hydrogen (secondary N) is 2. The molecule has 4 aromatic rings. The molecule has 2 heterocycles. The van der Waals surface area contributed by atoms with Crippen LogP contribution in [0, 0.1) is 13.8 Å². The molecule has 168 valence electrons. The van der Waals surface area contributed by atoms with Gasteiger partial charge in [0.05, 0.1) is 17.3 Å². The third-order valence-electron chi connectivity index (χ3n) is 5.35. The number of para-hydroxylation sites is 2. The minimum Gasteiger partial charge on any atom is -0.459 e. The molecular formula is C25H24N4O4. The smallest absolute Gasteiger partial charge is 0.291 e. The molecule has 33 heavy (non-hydrogen) atoms. The van der Waals surface area contributed by atoms with Crippen molar-refractivity contribution >= 4 is 28.5 Å².